The summed E-state index contributed by atoms with van der Waals surface area (Å²) in [5.74, 6) is -0.912. The van der Waals surface area contributed by atoms with Gasteiger partial charge in [-0.2, -0.15) is 0 Å². The minimum absolute atomic E-state index is 0.287. The van der Waals surface area contributed by atoms with Gasteiger partial charge in [0.1, 0.15) is 4.88 Å². The van der Waals surface area contributed by atoms with Crippen molar-refractivity contribution in [1.29, 1.82) is 0 Å². The zero-order valence-electron chi connectivity index (χ0n) is 9.80. The highest BCUT2D eigenvalue weighted by Crippen LogP contribution is 2.21. The van der Waals surface area contributed by atoms with Gasteiger partial charge in [0.25, 0.3) is 0 Å². The molecule has 1 aromatic heterocycles. The molecule has 0 aliphatic heterocycles. The number of carbonyl (C=O) groups is 1. The first kappa shape index (κ1) is 12.9. The second-order valence-corrected chi connectivity index (χ2v) is 4.90. The van der Waals surface area contributed by atoms with Crippen molar-refractivity contribution in [1.82, 2.24) is 9.88 Å². The van der Waals surface area contributed by atoms with Gasteiger partial charge in [0, 0.05) is 13.6 Å². The van der Waals surface area contributed by atoms with E-state index in [-0.39, 0.29) is 4.88 Å². The van der Waals surface area contributed by atoms with E-state index in [2.05, 4.69) is 9.88 Å². The highest BCUT2D eigenvalue weighted by molar-refractivity contribution is 7.17. The number of carboxylic acid groups (broad SMARTS) is 1. The van der Waals surface area contributed by atoms with Crippen molar-refractivity contribution < 1.29 is 9.90 Å². The van der Waals surface area contributed by atoms with Gasteiger partial charge in [-0.15, -0.1) is 0 Å². The van der Waals surface area contributed by atoms with Crippen LogP contribution >= 0.6 is 11.3 Å². The molecule has 0 aromatic carbocycles. The fraction of sp³-hybridized carbons (Fsp3) is 0.600. The standard InChI is InChI=1S/C10H17N3O2S/c1-12(2)5-4-6-13(3)10-11-7-8(16-10)9(14)15/h7H,4-6H2,1-3H3,(H,14,15). The minimum atomic E-state index is -0.912. The van der Waals surface area contributed by atoms with Gasteiger partial charge in [-0.05, 0) is 27.1 Å². The van der Waals surface area contributed by atoms with Crippen molar-refractivity contribution in [3.8, 4) is 0 Å². The number of thiazole rings is 1. The SMILES string of the molecule is CN(C)CCCN(C)c1ncc(C(=O)O)s1. The summed E-state index contributed by atoms with van der Waals surface area (Å²) in [6.07, 6.45) is 2.44. The predicted molar refractivity (Wildman–Crippen MR) is 65.5 cm³/mol. The Kier molecular flexibility index (Phi) is 4.70. The maximum Gasteiger partial charge on any atom is 0.347 e. The maximum absolute atomic E-state index is 10.7. The van der Waals surface area contributed by atoms with Crippen LogP contribution in [0.2, 0.25) is 0 Å². The summed E-state index contributed by atoms with van der Waals surface area (Å²) < 4.78 is 0. The van der Waals surface area contributed by atoms with Gasteiger partial charge in [0.05, 0.1) is 6.20 Å². The molecule has 0 fully saturated rings. The summed E-state index contributed by atoms with van der Waals surface area (Å²) in [7, 11) is 6.00. The third-order valence-electron chi connectivity index (χ3n) is 2.13. The third kappa shape index (κ3) is 3.79. The first-order valence-electron chi connectivity index (χ1n) is 5.05. The van der Waals surface area contributed by atoms with Crippen molar-refractivity contribution in [3.63, 3.8) is 0 Å². The summed E-state index contributed by atoms with van der Waals surface area (Å²) in [4.78, 5) is 19.2. The third-order valence-corrected chi connectivity index (χ3v) is 3.23. The normalized spacial score (nSPS) is 10.8. The molecule has 0 atom stereocenters. The van der Waals surface area contributed by atoms with Crippen LogP contribution in [-0.4, -0.2) is 55.2 Å². The number of carboxylic acids is 1. The van der Waals surface area contributed by atoms with Crippen LogP contribution in [0.15, 0.2) is 6.20 Å². The lowest BCUT2D eigenvalue weighted by Gasteiger charge is -2.17. The van der Waals surface area contributed by atoms with Gasteiger partial charge in [0.15, 0.2) is 5.13 Å². The number of aromatic carboxylic acids is 1. The van der Waals surface area contributed by atoms with E-state index in [4.69, 9.17) is 5.11 Å². The zero-order chi connectivity index (χ0) is 12.1. The Morgan fingerprint density at radius 1 is 1.44 bits per heavy atom. The molecule has 1 N–H and O–H groups in total. The second-order valence-electron chi connectivity index (χ2n) is 3.89. The van der Waals surface area contributed by atoms with Gasteiger partial charge < -0.3 is 14.9 Å². The fourth-order valence-corrected chi connectivity index (χ4v) is 2.00. The molecule has 0 saturated carbocycles. The molecular weight excluding hydrogens is 226 g/mol. The molecule has 0 amide bonds. The molecule has 0 saturated heterocycles. The molecule has 1 rings (SSSR count). The number of anilines is 1. The molecule has 0 bridgehead atoms. The van der Waals surface area contributed by atoms with E-state index in [1.807, 2.05) is 26.0 Å². The van der Waals surface area contributed by atoms with Crippen LogP contribution in [0, 0.1) is 0 Å². The molecule has 0 unspecified atom stereocenters. The van der Waals surface area contributed by atoms with Crippen LogP contribution < -0.4 is 4.90 Å². The molecule has 0 spiro atoms. The summed E-state index contributed by atoms with van der Waals surface area (Å²) in [6.45, 7) is 1.90. The van der Waals surface area contributed by atoms with E-state index in [0.717, 1.165) is 24.6 Å². The predicted octanol–water partition coefficient (Wildman–Crippen LogP) is 1.23. The minimum Gasteiger partial charge on any atom is -0.477 e. The Bertz CT molecular complexity index is 352. The van der Waals surface area contributed by atoms with E-state index in [9.17, 15) is 4.79 Å². The second kappa shape index (κ2) is 5.81. The summed E-state index contributed by atoms with van der Waals surface area (Å²) in [5.41, 5.74) is 0. The van der Waals surface area contributed by atoms with E-state index >= 15 is 0 Å². The average molecular weight is 243 g/mol. The summed E-state index contributed by atoms with van der Waals surface area (Å²) >= 11 is 1.21. The molecule has 1 aromatic rings. The molecule has 0 aliphatic rings. The monoisotopic (exact) mass is 243 g/mol. The molecule has 6 heteroatoms. The fourth-order valence-electron chi connectivity index (χ4n) is 1.26. The lowest BCUT2D eigenvalue weighted by Crippen LogP contribution is -2.23. The molecule has 5 nitrogen and oxygen atoms in total. The van der Waals surface area contributed by atoms with Crippen LogP contribution in [0.1, 0.15) is 16.1 Å². The average Bonchev–Trinajstić information content (AvgIpc) is 2.65. The van der Waals surface area contributed by atoms with Gasteiger partial charge in [0.2, 0.25) is 0 Å². The Morgan fingerprint density at radius 2 is 2.12 bits per heavy atom. The van der Waals surface area contributed by atoms with Crippen LogP contribution in [0.3, 0.4) is 0 Å². The highest BCUT2D eigenvalue weighted by atomic mass is 32.1. The van der Waals surface area contributed by atoms with E-state index in [1.54, 1.807) is 0 Å². The number of hydrogen-bond acceptors (Lipinski definition) is 5. The van der Waals surface area contributed by atoms with Gasteiger partial charge in [-0.25, -0.2) is 9.78 Å². The van der Waals surface area contributed by atoms with Crippen molar-refractivity contribution >= 4 is 22.4 Å². The number of nitrogens with zero attached hydrogens (tertiary/aromatic N) is 3. The number of aromatic nitrogens is 1. The molecular formula is C10H17N3O2S. The zero-order valence-corrected chi connectivity index (χ0v) is 10.6. The molecule has 16 heavy (non-hydrogen) atoms. The first-order chi connectivity index (χ1) is 7.50. The Balaban J connectivity index is 2.46. The molecule has 1 heterocycles. The Hall–Kier alpha value is -1.14. The van der Waals surface area contributed by atoms with Gasteiger partial charge in [-0.3, -0.25) is 0 Å². The lowest BCUT2D eigenvalue weighted by atomic mass is 10.4. The first-order valence-corrected chi connectivity index (χ1v) is 5.87. The highest BCUT2D eigenvalue weighted by Gasteiger charge is 2.11. The van der Waals surface area contributed by atoms with Crippen LogP contribution in [0.25, 0.3) is 0 Å². The summed E-state index contributed by atoms with van der Waals surface area (Å²) in [5, 5.41) is 9.53. The number of rotatable bonds is 6. The molecule has 0 aliphatic carbocycles. The van der Waals surface area contributed by atoms with Crippen molar-refractivity contribution in [2.45, 2.75) is 6.42 Å². The van der Waals surface area contributed by atoms with E-state index in [1.165, 1.54) is 17.5 Å². The lowest BCUT2D eigenvalue weighted by molar-refractivity contribution is 0.0702. The largest absolute Gasteiger partial charge is 0.477 e. The number of hydrogen-bond donors (Lipinski definition) is 1. The van der Waals surface area contributed by atoms with Gasteiger partial charge >= 0.3 is 5.97 Å². The smallest absolute Gasteiger partial charge is 0.347 e. The van der Waals surface area contributed by atoms with Crippen LogP contribution in [0.4, 0.5) is 5.13 Å². The van der Waals surface area contributed by atoms with Crippen LogP contribution in [0.5, 0.6) is 0 Å². The topological polar surface area (TPSA) is 56.7 Å². The van der Waals surface area contributed by atoms with E-state index in [0.29, 0.717) is 0 Å². The van der Waals surface area contributed by atoms with Crippen molar-refractivity contribution in [2.24, 2.45) is 0 Å². The van der Waals surface area contributed by atoms with Crippen molar-refractivity contribution in [2.75, 3.05) is 39.1 Å². The van der Waals surface area contributed by atoms with E-state index < -0.39 is 5.97 Å². The quantitative estimate of drug-likeness (QED) is 0.814. The molecule has 90 valence electrons. The molecule has 0 radical (unpaired) electrons. The summed E-state index contributed by atoms with van der Waals surface area (Å²) in [6, 6.07) is 0. The van der Waals surface area contributed by atoms with Crippen molar-refractivity contribution in [3.05, 3.63) is 11.1 Å². The van der Waals surface area contributed by atoms with Crippen LogP contribution in [-0.2, 0) is 0 Å². The maximum atomic E-state index is 10.7. The van der Waals surface area contributed by atoms with Gasteiger partial charge in [-0.1, -0.05) is 11.3 Å². The Labute approximate surface area is 99.3 Å². The Morgan fingerprint density at radius 3 is 2.62 bits per heavy atom.